The highest BCUT2D eigenvalue weighted by molar-refractivity contribution is 6.31. The summed E-state index contributed by atoms with van der Waals surface area (Å²) in [5.41, 5.74) is 2.04. The molecule has 0 heterocycles. The van der Waals surface area contributed by atoms with Gasteiger partial charge in [-0.05, 0) is 54.4 Å². The Hall–Kier alpha value is -1.45. The van der Waals surface area contributed by atoms with Crippen LogP contribution < -0.4 is 5.32 Å². The van der Waals surface area contributed by atoms with Crippen LogP contribution >= 0.6 is 11.6 Å². The molecular formula is C16H16ClF2N. The number of benzene rings is 2. The summed E-state index contributed by atoms with van der Waals surface area (Å²) in [7, 11) is 0. The van der Waals surface area contributed by atoms with Gasteiger partial charge in [0.1, 0.15) is 11.6 Å². The highest BCUT2D eigenvalue weighted by Gasteiger charge is 2.11. The van der Waals surface area contributed by atoms with E-state index in [1.807, 2.05) is 6.92 Å². The number of hydrogen-bond donors (Lipinski definition) is 1. The molecule has 2 aromatic rings. The number of halogens is 3. The van der Waals surface area contributed by atoms with E-state index in [0.29, 0.717) is 22.7 Å². The highest BCUT2D eigenvalue weighted by atomic mass is 35.5. The maximum Gasteiger partial charge on any atom is 0.131 e. The largest absolute Gasteiger partial charge is 0.313 e. The van der Waals surface area contributed by atoms with Gasteiger partial charge in [-0.25, -0.2) is 8.78 Å². The minimum absolute atomic E-state index is 0.252. The van der Waals surface area contributed by atoms with Gasteiger partial charge in [-0.15, -0.1) is 0 Å². The summed E-state index contributed by atoms with van der Waals surface area (Å²) in [6.45, 7) is 4.95. The molecule has 1 N–H and O–H groups in total. The molecule has 0 amide bonds. The average Bonchev–Trinajstić information content (AvgIpc) is 2.42. The van der Waals surface area contributed by atoms with Gasteiger partial charge in [-0.2, -0.15) is 0 Å². The third kappa shape index (κ3) is 3.17. The minimum atomic E-state index is -0.430. The standard InChI is InChI=1S/C16H16ClF2N/c1-3-20-9-12-7-11(4-5-14(12)17)13-8-15(18)10(2)6-16(13)19/h4-8,20H,3,9H2,1-2H3. The van der Waals surface area contributed by atoms with Crippen molar-refractivity contribution in [2.45, 2.75) is 20.4 Å². The fourth-order valence-corrected chi connectivity index (χ4v) is 2.19. The fourth-order valence-electron chi connectivity index (χ4n) is 2.00. The molecule has 2 aromatic carbocycles. The summed E-state index contributed by atoms with van der Waals surface area (Å²) in [6, 6.07) is 7.64. The summed E-state index contributed by atoms with van der Waals surface area (Å²) < 4.78 is 27.6. The first kappa shape index (κ1) is 14.9. The third-order valence-corrected chi connectivity index (χ3v) is 3.54. The molecule has 20 heavy (non-hydrogen) atoms. The number of hydrogen-bond acceptors (Lipinski definition) is 1. The fraction of sp³-hybridized carbons (Fsp3) is 0.250. The highest BCUT2D eigenvalue weighted by Crippen LogP contribution is 2.29. The van der Waals surface area contributed by atoms with Crippen molar-refractivity contribution < 1.29 is 8.78 Å². The predicted molar refractivity (Wildman–Crippen MR) is 78.9 cm³/mol. The van der Waals surface area contributed by atoms with Crippen molar-refractivity contribution in [1.29, 1.82) is 0 Å². The lowest BCUT2D eigenvalue weighted by Crippen LogP contribution is -2.12. The van der Waals surface area contributed by atoms with Crippen molar-refractivity contribution in [3.63, 3.8) is 0 Å². The average molecular weight is 296 g/mol. The van der Waals surface area contributed by atoms with Gasteiger partial charge in [-0.1, -0.05) is 24.6 Å². The van der Waals surface area contributed by atoms with E-state index in [-0.39, 0.29) is 5.56 Å². The van der Waals surface area contributed by atoms with Crippen molar-refractivity contribution in [1.82, 2.24) is 5.32 Å². The molecule has 2 rings (SSSR count). The van der Waals surface area contributed by atoms with E-state index in [4.69, 9.17) is 11.6 Å². The lowest BCUT2D eigenvalue weighted by molar-refractivity contribution is 0.595. The van der Waals surface area contributed by atoms with E-state index in [9.17, 15) is 8.78 Å². The van der Waals surface area contributed by atoms with Crippen LogP contribution in [-0.2, 0) is 6.54 Å². The van der Waals surface area contributed by atoms with Crippen LogP contribution in [0.3, 0.4) is 0 Å². The van der Waals surface area contributed by atoms with Crippen LogP contribution in [0, 0.1) is 18.6 Å². The molecule has 0 aliphatic carbocycles. The van der Waals surface area contributed by atoms with Crippen LogP contribution in [0.25, 0.3) is 11.1 Å². The van der Waals surface area contributed by atoms with Gasteiger partial charge in [0.2, 0.25) is 0 Å². The zero-order valence-corrected chi connectivity index (χ0v) is 12.2. The lowest BCUT2D eigenvalue weighted by Gasteiger charge is -2.10. The summed E-state index contributed by atoms with van der Waals surface area (Å²) in [6.07, 6.45) is 0. The Morgan fingerprint density at radius 3 is 2.55 bits per heavy atom. The first-order valence-corrected chi connectivity index (χ1v) is 6.86. The lowest BCUT2D eigenvalue weighted by atomic mass is 10.0. The van der Waals surface area contributed by atoms with E-state index in [2.05, 4.69) is 5.32 Å². The van der Waals surface area contributed by atoms with Crippen molar-refractivity contribution >= 4 is 11.6 Å². The van der Waals surface area contributed by atoms with Crippen LogP contribution in [0.2, 0.25) is 5.02 Å². The van der Waals surface area contributed by atoms with Crippen molar-refractivity contribution in [2.75, 3.05) is 6.54 Å². The Bertz CT molecular complexity index is 626. The Morgan fingerprint density at radius 1 is 1.10 bits per heavy atom. The second kappa shape index (κ2) is 6.33. The van der Waals surface area contributed by atoms with Crippen molar-refractivity contribution in [3.05, 3.63) is 58.1 Å². The van der Waals surface area contributed by atoms with E-state index < -0.39 is 11.6 Å². The molecule has 4 heteroatoms. The monoisotopic (exact) mass is 295 g/mol. The van der Waals surface area contributed by atoms with Gasteiger partial charge in [-0.3, -0.25) is 0 Å². The molecular weight excluding hydrogens is 280 g/mol. The Morgan fingerprint density at radius 2 is 1.85 bits per heavy atom. The molecule has 0 fully saturated rings. The minimum Gasteiger partial charge on any atom is -0.313 e. The molecule has 0 aromatic heterocycles. The number of rotatable bonds is 4. The van der Waals surface area contributed by atoms with E-state index in [0.717, 1.165) is 12.1 Å². The van der Waals surface area contributed by atoms with Gasteiger partial charge in [0, 0.05) is 17.1 Å². The zero-order chi connectivity index (χ0) is 14.7. The van der Waals surface area contributed by atoms with E-state index in [1.54, 1.807) is 25.1 Å². The predicted octanol–water partition coefficient (Wildman–Crippen LogP) is 4.70. The molecule has 0 aliphatic rings. The summed E-state index contributed by atoms with van der Waals surface area (Å²) in [4.78, 5) is 0. The zero-order valence-electron chi connectivity index (χ0n) is 11.4. The van der Waals surface area contributed by atoms with Crippen LogP contribution in [-0.4, -0.2) is 6.54 Å². The molecule has 0 spiro atoms. The second-order valence-corrected chi connectivity index (χ2v) is 5.07. The summed E-state index contributed by atoms with van der Waals surface area (Å²) >= 11 is 6.11. The van der Waals surface area contributed by atoms with Crippen molar-refractivity contribution in [3.8, 4) is 11.1 Å². The quantitative estimate of drug-likeness (QED) is 0.862. The maximum atomic E-state index is 14.0. The number of nitrogens with one attached hydrogen (secondary N) is 1. The van der Waals surface area contributed by atoms with E-state index in [1.165, 1.54) is 12.1 Å². The SMILES string of the molecule is CCNCc1cc(-c2cc(F)c(C)cc2F)ccc1Cl. The third-order valence-electron chi connectivity index (χ3n) is 3.17. The molecule has 1 nitrogen and oxygen atoms in total. The Kier molecular flexibility index (Phi) is 4.73. The maximum absolute atomic E-state index is 14.0. The first-order chi connectivity index (χ1) is 9.52. The van der Waals surface area contributed by atoms with Crippen LogP contribution in [0.1, 0.15) is 18.1 Å². The van der Waals surface area contributed by atoms with Crippen molar-refractivity contribution in [2.24, 2.45) is 0 Å². The smallest absolute Gasteiger partial charge is 0.131 e. The Labute approximate surface area is 122 Å². The number of aryl methyl sites for hydroxylation is 1. The molecule has 0 saturated heterocycles. The molecule has 0 aliphatic heterocycles. The van der Waals surface area contributed by atoms with Crippen LogP contribution in [0.5, 0.6) is 0 Å². The normalized spacial score (nSPS) is 10.8. The molecule has 106 valence electrons. The molecule has 0 atom stereocenters. The molecule has 0 bridgehead atoms. The van der Waals surface area contributed by atoms with Gasteiger partial charge in [0.15, 0.2) is 0 Å². The van der Waals surface area contributed by atoms with Gasteiger partial charge in [0.25, 0.3) is 0 Å². The van der Waals surface area contributed by atoms with Gasteiger partial charge >= 0.3 is 0 Å². The first-order valence-electron chi connectivity index (χ1n) is 6.48. The van der Waals surface area contributed by atoms with E-state index >= 15 is 0 Å². The van der Waals surface area contributed by atoms with Crippen LogP contribution in [0.4, 0.5) is 8.78 Å². The molecule has 0 saturated carbocycles. The van der Waals surface area contributed by atoms with Gasteiger partial charge < -0.3 is 5.32 Å². The second-order valence-electron chi connectivity index (χ2n) is 4.67. The molecule has 0 radical (unpaired) electrons. The molecule has 0 unspecified atom stereocenters. The van der Waals surface area contributed by atoms with Crippen LogP contribution in [0.15, 0.2) is 30.3 Å². The van der Waals surface area contributed by atoms with Gasteiger partial charge in [0.05, 0.1) is 0 Å². The Balaban J connectivity index is 2.45. The topological polar surface area (TPSA) is 12.0 Å². The summed E-state index contributed by atoms with van der Waals surface area (Å²) in [5.74, 6) is -0.842. The summed E-state index contributed by atoms with van der Waals surface area (Å²) in [5, 5.41) is 3.78.